The van der Waals surface area contributed by atoms with E-state index >= 15 is 0 Å². The molecule has 0 N–H and O–H groups in total. The highest BCUT2D eigenvalue weighted by Crippen LogP contribution is 2.15. The molecule has 2 nitrogen and oxygen atoms in total. The van der Waals surface area contributed by atoms with Crippen LogP contribution in [0.4, 0.5) is 0 Å². The summed E-state index contributed by atoms with van der Waals surface area (Å²) in [5, 5.41) is 1.30. The Bertz CT molecular complexity index is 254. The summed E-state index contributed by atoms with van der Waals surface area (Å²) in [7, 11) is 0. The summed E-state index contributed by atoms with van der Waals surface area (Å²) >= 11 is -1.31. The van der Waals surface area contributed by atoms with Crippen LogP contribution < -0.4 is 0 Å². The Hall–Kier alpha value is -0.670. The van der Waals surface area contributed by atoms with Crippen LogP contribution in [-0.2, 0) is 15.3 Å². The van der Waals surface area contributed by atoms with Crippen molar-refractivity contribution in [3.8, 4) is 0 Å². The minimum atomic E-state index is -1.31. The Labute approximate surface area is 81.6 Å². The van der Waals surface area contributed by atoms with E-state index in [1.807, 2.05) is 0 Å². The van der Waals surface area contributed by atoms with E-state index in [9.17, 15) is 4.21 Å². The molecule has 1 aliphatic rings. The lowest BCUT2D eigenvalue weighted by Gasteiger charge is -2.07. The first kappa shape index (κ1) is 10.4. The number of rotatable bonds is 5. The van der Waals surface area contributed by atoms with Crippen molar-refractivity contribution in [1.82, 2.24) is 0 Å². The molecule has 1 rings (SSSR count). The third-order valence-corrected chi connectivity index (χ3v) is 2.53. The molecule has 0 heterocycles. The minimum Gasteiger partial charge on any atom is -0.287 e. The van der Waals surface area contributed by atoms with Gasteiger partial charge in [0.05, 0.1) is 6.61 Å². The normalized spacial score (nSPS) is 18.0. The van der Waals surface area contributed by atoms with Crippen molar-refractivity contribution in [3.63, 3.8) is 0 Å². The van der Waals surface area contributed by atoms with Gasteiger partial charge in [0.1, 0.15) is 0 Å². The van der Waals surface area contributed by atoms with E-state index < -0.39 is 11.1 Å². The van der Waals surface area contributed by atoms with Crippen LogP contribution in [0.25, 0.3) is 0 Å². The summed E-state index contributed by atoms with van der Waals surface area (Å²) in [6.07, 6.45) is 9.38. The van der Waals surface area contributed by atoms with Gasteiger partial charge in [0.15, 0.2) is 11.1 Å². The van der Waals surface area contributed by atoms with Crippen LogP contribution in [0, 0.1) is 0 Å². The van der Waals surface area contributed by atoms with E-state index in [1.165, 1.54) is 11.0 Å². The van der Waals surface area contributed by atoms with E-state index in [1.54, 1.807) is 0 Å². The van der Waals surface area contributed by atoms with Crippen molar-refractivity contribution < 1.29 is 8.39 Å². The number of hydrogen-bond acceptors (Lipinski definition) is 2. The maximum Gasteiger partial charge on any atom is 0.181 e. The molecule has 0 aromatic rings. The molecule has 0 aliphatic heterocycles. The minimum absolute atomic E-state index is 0.512. The summed E-state index contributed by atoms with van der Waals surface area (Å²) in [6.45, 7) is 3.89. The molecule has 1 atom stereocenters. The molecule has 0 amide bonds. The van der Waals surface area contributed by atoms with Gasteiger partial charge < -0.3 is 0 Å². The average molecular weight is 198 g/mol. The van der Waals surface area contributed by atoms with Gasteiger partial charge in [0, 0.05) is 5.41 Å². The maximum atomic E-state index is 10.8. The zero-order valence-corrected chi connectivity index (χ0v) is 8.39. The molecule has 0 fully saturated rings. The molecule has 1 unspecified atom stereocenters. The van der Waals surface area contributed by atoms with E-state index in [0.717, 1.165) is 19.3 Å². The first-order chi connectivity index (χ1) is 6.33. The molecule has 0 saturated carbocycles. The molecule has 0 bridgehead atoms. The molecule has 13 heavy (non-hydrogen) atoms. The monoisotopic (exact) mass is 198 g/mol. The fourth-order valence-electron chi connectivity index (χ4n) is 1.16. The fraction of sp³-hybridized carbons (Fsp3) is 0.400. The lowest BCUT2D eigenvalue weighted by atomic mass is 10.0. The van der Waals surface area contributed by atoms with Gasteiger partial charge in [-0.3, -0.25) is 4.18 Å². The van der Waals surface area contributed by atoms with Gasteiger partial charge in [-0.05, 0) is 19.3 Å². The standard InChI is InChI=1S/C10H14O2S/c1-2-13(11)12-9-8-10-6-4-3-5-7-10/h2-4,6H,1,5,7-9H2. The summed E-state index contributed by atoms with van der Waals surface area (Å²) in [6, 6.07) is 0. The van der Waals surface area contributed by atoms with Gasteiger partial charge in [-0.2, -0.15) is 0 Å². The van der Waals surface area contributed by atoms with Crippen molar-refractivity contribution >= 4 is 11.1 Å². The largest absolute Gasteiger partial charge is 0.287 e. The molecule has 1 aliphatic carbocycles. The Balaban J connectivity index is 2.18. The molecule has 3 heteroatoms. The third-order valence-electron chi connectivity index (χ3n) is 1.86. The molecule has 0 aromatic heterocycles. The van der Waals surface area contributed by atoms with Crippen molar-refractivity contribution in [3.05, 3.63) is 35.8 Å². The Kier molecular flexibility index (Phi) is 4.72. The first-order valence-electron chi connectivity index (χ1n) is 4.34. The second-order valence-electron chi connectivity index (χ2n) is 2.79. The quantitative estimate of drug-likeness (QED) is 0.678. The zero-order valence-electron chi connectivity index (χ0n) is 7.57. The predicted molar refractivity (Wildman–Crippen MR) is 55.4 cm³/mol. The van der Waals surface area contributed by atoms with Crippen LogP contribution in [0.5, 0.6) is 0 Å². The van der Waals surface area contributed by atoms with E-state index in [0.29, 0.717) is 6.61 Å². The zero-order chi connectivity index (χ0) is 9.52. The first-order valence-corrected chi connectivity index (χ1v) is 5.47. The van der Waals surface area contributed by atoms with Gasteiger partial charge >= 0.3 is 0 Å². The van der Waals surface area contributed by atoms with E-state index in [4.69, 9.17) is 4.18 Å². The summed E-state index contributed by atoms with van der Waals surface area (Å²) in [5.74, 6) is 0. The smallest absolute Gasteiger partial charge is 0.181 e. The van der Waals surface area contributed by atoms with Crippen molar-refractivity contribution in [2.24, 2.45) is 0 Å². The maximum absolute atomic E-state index is 10.8. The molecule has 0 radical (unpaired) electrons. The van der Waals surface area contributed by atoms with Crippen LogP contribution in [0.2, 0.25) is 0 Å². The van der Waals surface area contributed by atoms with Crippen molar-refractivity contribution in [2.75, 3.05) is 6.61 Å². The van der Waals surface area contributed by atoms with E-state index in [-0.39, 0.29) is 0 Å². The lowest BCUT2D eigenvalue weighted by molar-refractivity contribution is 0.354. The highest BCUT2D eigenvalue weighted by molar-refractivity contribution is 7.83. The van der Waals surface area contributed by atoms with Crippen LogP contribution in [-0.4, -0.2) is 10.8 Å². The Morgan fingerprint density at radius 1 is 1.69 bits per heavy atom. The average Bonchev–Trinajstić information content (AvgIpc) is 2.19. The summed E-state index contributed by atoms with van der Waals surface area (Å²) in [4.78, 5) is 0. The van der Waals surface area contributed by atoms with Gasteiger partial charge in [-0.1, -0.05) is 30.4 Å². The molecule has 0 saturated heterocycles. The summed E-state index contributed by atoms with van der Waals surface area (Å²) < 4.78 is 15.8. The number of allylic oxidation sites excluding steroid dienone is 3. The SMILES string of the molecule is C=CS(=O)OCCC1=CC=CCC1. The van der Waals surface area contributed by atoms with Crippen LogP contribution in [0.3, 0.4) is 0 Å². The van der Waals surface area contributed by atoms with Crippen LogP contribution >= 0.6 is 0 Å². The topological polar surface area (TPSA) is 26.3 Å². The van der Waals surface area contributed by atoms with Gasteiger partial charge in [-0.25, -0.2) is 4.21 Å². The second-order valence-corrected chi connectivity index (χ2v) is 3.88. The second kappa shape index (κ2) is 5.89. The molecule has 0 spiro atoms. The van der Waals surface area contributed by atoms with Gasteiger partial charge in [-0.15, -0.1) is 0 Å². The molecular formula is C10H14O2S. The van der Waals surface area contributed by atoms with Gasteiger partial charge in [0.25, 0.3) is 0 Å². The van der Waals surface area contributed by atoms with Gasteiger partial charge in [0.2, 0.25) is 0 Å². The van der Waals surface area contributed by atoms with Crippen molar-refractivity contribution in [2.45, 2.75) is 19.3 Å². The number of hydrogen-bond donors (Lipinski definition) is 0. The third kappa shape index (κ3) is 4.20. The fourth-order valence-corrected chi connectivity index (χ4v) is 1.51. The Morgan fingerprint density at radius 3 is 3.15 bits per heavy atom. The molecule has 72 valence electrons. The predicted octanol–water partition coefficient (Wildman–Crippen LogP) is 2.48. The molecular weight excluding hydrogens is 184 g/mol. The van der Waals surface area contributed by atoms with E-state index in [2.05, 4.69) is 24.8 Å². The lowest BCUT2D eigenvalue weighted by Crippen LogP contribution is -1.98. The Morgan fingerprint density at radius 2 is 2.54 bits per heavy atom. The summed E-state index contributed by atoms with van der Waals surface area (Å²) in [5.41, 5.74) is 1.36. The van der Waals surface area contributed by atoms with Crippen molar-refractivity contribution in [1.29, 1.82) is 0 Å². The van der Waals surface area contributed by atoms with Crippen LogP contribution in [0.15, 0.2) is 35.8 Å². The van der Waals surface area contributed by atoms with Crippen LogP contribution in [0.1, 0.15) is 19.3 Å². The highest BCUT2D eigenvalue weighted by Gasteiger charge is 2.00. The highest BCUT2D eigenvalue weighted by atomic mass is 32.2. The molecule has 0 aromatic carbocycles.